The first-order valence-corrected chi connectivity index (χ1v) is 7.15. The second-order valence-electron chi connectivity index (χ2n) is 5.08. The Balaban J connectivity index is 2.09. The Morgan fingerprint density at radius 1 is 1.40 bits per heavy atom. The Kier molecular flexibility index (Phi) is 4.97. The van der Waals surface area contributed by atoms with Crippen LogP contribution >= 0.6 is 11.6 Å². The van der Waals surface area contributed by atoms with Gasteiger partial charge in [-0.2, -0.15) is 5.26 Å². The van der Waals surface area contributed by atoms with Gasteiger partial charge in [0.05, 0.1) is 16.7 Å². The maximum Gasteiger partial charge on any atom is 0.255 e. The van der Waals surface area contributed by atoms with Crippen LogP contribution in [0.3, 0.4) is 0 Å². The first-order chi connectivity index (χ1) is 9.63. The van der Waals surface area contributed by atoms with Crippen molar-refractivity contribution in [2.75, 3.05) is 0 Å². The highest BCUT2D eigenvalue weighted by molar-refractivity contribution is 6.31. The average molecular weight is 295 g/mol. The van der Waals surface area contributed by atoms with Crippen molar-refractivity contribution in [1.82, 2.24) is 5.32 Å². The van der Waals surface area contributed by atoms with Crippen molar-refractivity contribution >= 4 is 17.5 Å². The van der Waals surface area contributed by atoms with Crippen LogP contribution in [0.15, 0.2) is 18.2 Å². The Morgan fingerprint density at radius 3 is 2.75 bits per heavy atom. The topological polar surface area (TPSA) is 52.9 Å². The number of amides is 1. The molecule has 0 aliphatic heterocycles. The second kappa shape index (κ2) is 6.71. The van der Waals surface area contributed by atoms with Crippen molar-refractivity contribution in [3.63, 3.8) is 0 Å². The van der Waals surface area contributed by atoms with E-state index in [1.165, 1.54) is 24.6 Å². The maximum atomic E-state index is 13.8. The molecule has 1 aromatic rings. The monoisotopic (exact) mass is 294 g/mol. The molecule has 1 amide bonds. The van der Waals surface area contributed by atoms with Gasteiger partial charge in [0.25, 0.3) is 5.91 Å². The average Bonchev–Trinajstić information content (AvgIpc) is 2.48. The van der Waals surface area contributed by atoms with Crippen LogP contribution in [0.4, 0.5) is 4.39 Å². The van der Waals surface area contributed by atoms with E-state index in [0.717, 1.165) is 25.7 Å². The highest BCUT2D eigenvalue weighted by Crippen LogP contribution is 2.26. The maximum absolute atomic E-state index is 13.8. The van der Waals surface area contributed by atoms with Crippen LogP contribution in [0.5, 0.6) is 0 Å². The molecule has 2 rings (SSSR count). The Morgan fingerprint density at radius 2 is 2.10 bits per heavy atom. The van der Waals surface area contributed by atoms with Gasteiger partial charge in [-0.15, -0.1) is 0 Å². The van der Waals surface area contributed by atoms with Gasteiger partial charge in [0, 0.05) is 0 Å². The summed E-state index contributed by atoms with van der Waals surface area (Å²) in [6, 6.07) is 5.82. The first-order valence-electron chi connectivity index (χ1n) is 6.78. The largest absolute Gasteiger partial charge is 0.336 e. The number of nitriles is 1. The lowest BCUT2D eigenvalue weighted by atomic mass is 9.84. The van der Waals surface area contributed by atoms with E-state index in [9.17, 15) is 14.4 Å². The molecule has 1 aliphatic carbocycles. The molecule has 20 heavy (non-hydrogen) atoms. The third-order valence-corrected chi connectivity index (χ3v) is 4.04. The third kappa shape index (κ3) is 3.29. The molecule has 0 spiro atoms. The molecule has 1 aliphatic rings. The Hall–Kier alpha value is -1.60. The van der Waals surface area contributed by atoms with Crippen LogP contribution in [-0.2, 0) is 0 Å². The smallest absolute Gasteiger partial charge is 0.255 e. The summed E-state index contributed by atoms with van der Waals surface area (Å²) in [6.07, 6.45) is 5.17. The summed E-state index contributed by atoms with van der Waals surface area (Å²) < 4.78 is 13.8. The van der Waals surface area contributed by atoms with Gasteiger partial charge in [0.2, 0.25) is 0 Å². The van der Waals surface area contributed by atoms with Crippen LogP contribution in [-0.4, -0.2) is 11.9 Å². The minimum Gasteiger partial charge on any atom is -0.336 e. The molecule has 0 aromatic heterocycles. The van der Waals surface area contributed by atoms with Gasteiger partial charge in [0.15, 0.2) is 5.82 Å². The molecular formula is C15H16ClFN2O. The second-order valence-corrected chi connectivity index (χ2v) is 5.49. The van der Waals surface area contributed by atoms with E-state index in [-0.39, 0.29) is 16.5 Å². The third-order valence-electron chi connectivity index (χ3n) is 3.74. The van der Waals surface area contributed by atoms with E-state index < -0.39 is 17.8 Å². The molecule has 0 heterocycles. The fourth-order valence-electron chi connectivity index (χ4n) is 2.62. The SMILES string of the molecule is N#C[C@@H](NC(=O)c1cccc(Cl)c1F)C1CCCCC1. The summed E-state index contributed by atoms with van der Waals surface area (Å²) in [5.41, 5.74) is -0.117. The minimum absolute atomic E-state index is 0.0937. The van der Waals surface area contributed by atoms with Gasteiger partial charge in [-0.05, 0) is 30.9 Å². The summed E-state index contributed by atoms with van der Waals surface area (Å²) in [5, 5.41) is 11.7. The van der Waals surface area contributed by atoms with Crippen molar-refractivity contribution in [1.29, 1.82) is 5.26 Å². The van der Waals surface area contributed by atoms with Crippen molar-refractivity contribution in [2.45, 2.75) is 38.1 Å². The minimum atomic E-state index is -0.744. The van der Waals surface area contributed by atoms with E-state index in [0.29, 0.717) is 0 Å². The van der Waals surface area contributed by atoms with Gasteiger partial charge in [0.1, 0.15) is 6.04 Å². The predicted octanol–water partition coefficient (Wildman–Crippen LogP) is 3.68. The van der Waals surface area contributed by atoms with Crippen molar-refractivity contribution in [3.05, 3.63) is 34.6 Å². The standard InChI is InChI=1S/C15H16ClFN2O/c16-12-8-4-7-11(14(12)17)15(20)19-13(9-18)10-5-2-1-3-6-10/h4,7-8,10,13H,1-3,5-6H2,(H,19,20)/t13-/m1/s1. The van der Waals surface area contributed by atoms with Crippen LogP contribution < -0.4 is 5.32 Å². The molecule has 1 aromatic carbocycles. The van der Waals surface area contributed by atoms with Crippen LogP contribution in [0.2, 0.25) is 5.02 Å². The molecule has 0 bridgehead atoms. The number of halogens is 2. The number of carbonyl (C=O) groups is 1. The Bertz CT molecular complexity index is 535. The zero-order valence-electron chi connectivity index (χ0n) is 11.0. The lowest BCUT2D eigenvalue weighted by Gasteiger charge is -2.26. The fourth-order valence-corrected chi connectivity index (χ4v) is 2.80. The predicted molar refractivity (Wildman–Crippen MR) is 74.9 cm³/mol. The highest BCUT2D eigenvalue weighted by atomic mass is 35.5. The molecule has 106 valence electrons. The molecule has 0 saturated heterocycles. The number of hydrogen-bond donors (Lipinski definition) is 1. The van der Waals surface area contributed by atoms with E-state index >= 15 is 0 Å². The van der Waals surface area contributed by atoms with Crippen LogP contribution in [0.1, 0.15) is 42.5 Å². The number of nitrogens with one attached hydrogen (secondary N) is 1. The van der Waals surface area contributed by atoms with Crippen molar-refractivity contribution < 1.29 is 9.18 Å². The molecule has 0 radical (unpaired) electrons. The lowest BCUT2D eigenvalue weighted by Crippen LogP contribution is -2.40. The molecule has 1 fully saturated rings. The lowest BCUT2D eigenvalue weighted by molar-refractivity contribution is 0.0925. The van der Waals surface area contributed by atoms with Gasteiger partial charge >= 0.3 is 0 Å². The van der Waals surface area contributed by atoms with Gasteiger partial charge in [-0.1, -0.05) is 36.9 Å². The van der Waals surface area contributed by atoms with Gasteiger partial charge in [-0.25, -0.2) is 4.39 Å². The number of hydrogen-bond acceptors (Lipinski definition) is 2. The quantitative estimate of drug-likeness (QED) is 0.924. The van der Waals surface area contributed by atoms with Crippen molar-refractivity contribution in [3.8, 4) is 6.07 Å². The summed E-state index contributed by atoms with van der Waals surface area (Å²) in [7, 11) is 0. The zero-order valence-corrected chi connectivity index (χ0v) is 11.8. The summed E-state index contributed by atoms with van der Waals surface area (Å²) in [5.74, 6) is -1.17. The first kappa shape index (κ1) is 14.8. The van der Waals surface area contributed by atoms with E-state index in [1.807, 2.05) is 0 Å². The molecule has 1 saturated carbocycles. The molecular weight excluding hydrogens is 279 g/mol. The van der Waals surface area contributed by atoms with E-state index in [1.54, 1.807) is 0 Å². The molecule has 0 unspecified atom stereocenters. The van der Waals surface area contributed by atoms with Crippen molar-refractivity contribution in [2.24, 2.45) is 5.92 Å². The number of rotatable bonds is 3. The van der Waals surface area contributed by atoms with E-state index in [4.69, 9.17) is 11.6 Å². The highest BCUT2D eigenvalue weighted by Gasteiger charge is 2.26. The van der Waals surface area contributed by atoms with Gasteiger partial charge in [-0.3, -0.25) is 4.79 Å². The zero-order chi connectivity index (χ0) is 14.5. The molecule has 5 heteroatoms. The van der Waals surface area contributed by atoms with Crippen LogP contribution in [0, 0.1) is 23.1 Å². The molecule has 1 atom stereocenters. The number of benzene rings is 1. The Labute approximate surface area is 122 Å². The van der Waals surface area contributed by atoms with Crippen LogP contribution in [0.25, 0.3) is 0 Å². The van der Waals surface area contributed by atoms with Gasteiger partial charge < -0.3 is 5.32 Å². The molecule has 1 N–H and O–H groups in total. The summed E-state index contributed by atoms with van der Waals surface area (Å²) in [6.45, 7) is 0. The normalized spacial score (nSPS) is 17.2. The molecule has 3 nitrogen and oxygen atoms in total. The number of nitrogens with zero attached hydrogens (tertiary/aromatic N) is 1. The number of carbonyl (C=O) groups excluding carboxylic acids is 1. The summed E-state index contributed by atoms with van der Waals surface area (Å²) >= 11 is 5.66. The summed E-state index contributed by atoms with van der Waals surface area (Å²) in [4.78, 5) is 12.1. The fraction of sp³-hybridized carbons (Fsp3) is 0.467. The van der Waals surface area contributed by atoms with E-state index in [2.05, 4.69) is 11.4 Å².